The Kier molecular flexibility index (Phi) is 6.79. The monoisotopic (exact) mass is 440 g/mol. The summed E-state index contributed by atoms with van der Waals surface area (Å²) in [5.74, 6) is 1.47. The summed E-state index contributed by atoms with van der Waals surface area (Å²) >= 11 is 0. The number of benzene rings is 3. The standard InChI is InChI=1S/C28H28N2O3/c1-20(29-33-19-22-11-7-5-8-12-22)25-18-27(23-13-9-6-10-14-23)30(21(25)2)26-16-15-24(31-3)17-28(26)32-4/h5-18H,19H2,1-4H3/b29-20-. The van der Waals surface area contributed by atoms with Gasteiger partial charge in [-0.1, -0.05) is 65.8 Å². The molecule has 0 bridgehead atoms. The first-order valence-electron chi connectivity index (χ1n) is 10.8. The molecule has 1 aromatic heterocycles. The lowest BCUT2D eigenvalue weighted by molar-refractivity contribution is 0.130. The Morgan fingerprint density at radius 2 is 1.55 bits per heavy atom. The minimum atomic E-state index is 0.426. The van der Waals surface area contributed by atoms with Crippen molar-refractivity contribution in [1.82, 2.24) is 4.57 Å². The van der Waals surface area contributed by atoms with Crippen molar-refractivity contribution in [1.29, 1.82) is 0 Å². The van der Waals surface area contributed by atoms with Gasteiger partial charge in [0.05, 0.1) is 31.3 Å². The zero-order valence-electron chi connectivity index (χ0n) is 19.4. The minimum Gasteiger partial charge on any atom is -0.497 e. The van der Waals surface area contributed by atoms with Gasteiger partial charge in [0.1, 0.15) is 18.1 Å². The number of methoxy groups -OCH3 is 2. The van der Waals surface area contributed by atoms with Gasteiger partial charge in [0.25, 0.3) is 0 Å². The van der Waals surface area contributed by atoms with E-state index >= 15 is 0 Å². The average Bonchev–Trinajstić information content (AvgIpc) is 3.21. The molecule has 0 aliphatic rings. The highest BCUT2D eigenvalue weighted by molar-refractivity contribution is 6.01. The van der Waals surface area contributed by atoms with E-state index in [2.05, 4.69) is 34.8 Å². The third-order valence-corrected chi connectivity index (χ3v) is 5.61. The third kappa shape index (κ3) is 4.77. The predicted octanol–water partition coefficient (Wildman–Crippen LogP) is 6.41. The summed E-state index contributed by atoms with van der Waals surface area (Å²) in [6, 6.07) is 28.3. The molecule has 0 N–H and O–H groups in total. The van der Waals surface area contributed by atoms with E-state index in [0.717, 1.165) is 51.0 Å². The van der Waals surface area contributed by atoms with Crippen LogP contribution in [0.5, 0.6) is 11.5 Å². The highest BCUT2D eigenvalue weighted by Gasteiger charge is 2.19. The number of oxime groups is 1. The summed E-state index contributed by atoms with van der Waals surface area (Å²) in [7, 11) is 3.32. The largest absolute Gasteiger partial charge is 0.497 e. The summed E-state index contributed by atoms with van der Waals surface area (Å²) in [6.45, 7) is 4.48. The number of aromatic nitrogens is 1. The van der Waals surface area contributed by atoms with Crippen molar-refractivity contribution in [2.45, 2.75) is 20.5 Å². The van der Waals surface area contributed by atoms with Crippen molar-refractivity contribution in [3.05, 3.63) is 102 Å². The van der Waals surface area contributed by atoms with E-state index in [1.807, 2.05) is 73.7 Å². The Hall–Kier alpha value is -3.99. The van der Waals surface area contributed by atoms with Crippen LogP contribution < -0.4 is 9.47 Å². The van der Waals surface area contributed by atoms with Crippen LogP contribution in [-0.4, -0.2) is 24.5 Å². The van der Waals surface area contributed by atoms with Crippen LogP contribution in [0.1, 0.15) is 23.7 Å². The van der Waals surface area contributed by atoms with Crippen LogP contribution in [0.4, 0.5) is 0 Å². The predicted molar refractivity (Wildman–Crippen MR) is 132 cm³/mol. The maximum Gasteiger partial charge on any atom is 0.146 e. The van der Waals surface area contributed by atoms with Gasteiger partial charge >= 0.3 is 0 Å². The van der Waals surface area contributed by atoms with E-state index < -0.39 is 0 Å². The van der Waals surface area contributed by atoms with E-state index in [1.165, 1.54) is 0 Å². The lowest BCUT2D eigenvalue weighted by Gasteiger charge is -2.16. The second-order valence-corrected chi connectivity index (χ2v) is 7.70. The van der Waals surface area contributed by atoms with Gasteiger partial charge in [0.2, 0.25) is 0 Å². The average molecular weight is 441 g/mol. The molecule has 3 aromatic carbocycles. The molecule has 0 amide bonds. The molecule has 0 radical (unpaired) electrons. The van der Waals surface area contributed by atoms with E-state index in [-0.39, 0.29) is 0 Å². The van der Waals surface area contributed by atoms with Crippen LogP contribution in [0.15, 0.2) is 90.1 Å². The molecular formula is C28H28N2O3. The Labute approximate surface area is 194 Å². The highest BCUT2D eigenvalue weighted by atomic mass is 16.6. The van der Waals surface area contributed by atoms with E-state index in [1.54, 1.807) is 14.2 Å². The molecule has 4 aromatic rings. The molecule has 0 unspecified atom stereocenters. The van der Waals surface area contributed by atoms with Crippen LogP contribution in [0.3, 0.4) is 0 Å². The zero-order valence-corrected chi connectivity index (χ0v) is 19.4. The molecule has 168 valence electrons. The van der Waals surface area contributed by atoms with Crippen LogP contribution in [0, 0.1) is 6.92 Å². The maximum atomic E-state index is 5.72. The van der Waals surface area contributed by atoms with Gasteiger partial charge in [0.15, 0.2) is 0 Å². The maximum absolute atomic E-state index is 5.72. The number of hydrogen-bond donors (Lipinski definition) is 0. The number of ether oxygens (including phenoxy) is 2. The molecule has 0 atom stereocenters. The van der Waals surface area contributed by atoms with Gasteiger partial charge in [-0.25, -0.2) is 0 Å². The van der Waals surface area contributed by atoms with Crippen molar-refractivity contribution >= 4 is 5.71 Å². The summed E-state index contributed by atoms with van der Waals surface area (Å²) in [4.78, 5) is 5.66. The fourth-order valence-corrected chi connectivity index (χ4v) is 3.90. The summed E-state index contributed by atoms with van der Waals surface area (Å²) in [5, 5.41) is 4.41. The normalized spacial score (nSPS) is 11.3. The Morgan fingerprint density at radius 3 is 2.21 bits per heavy atom. The minimum absolute atomic E-state index is 0.426. The SMILES string of the molecule is COc1ccc(-n2c(-c3ccccc3)cc(/C(C)=N\OCc3ccccc3)c2C)c(OC)c1. The molecular weight excluding hydrogens is 412 g/mol. The molecule has 1 heterocycles. The lowest BCUT2D eigenvalue weighted by Crippen LogP contribution is -2.04. The fraction of sp³-hybridized carbons (Fsp3) is 0.179. The molecule has 0 aliphatic carbocycles. The van der Waals surface area contributed by atoms with Gasteiger partial charge in [-0.3, -0.25) is 0 Å². The van der Waals surface area contributed by atoms with Gasteiger partial charge in [0, 0.05) is 17.3 Å². The molecule has 33 heavy (non-hydrogen) atoms. The molecule has 0 saturated heterocycles. The molecule has 0 fully saturated rings. The van der Waals surface area contributed by atoms with Crippen LogP contribution in [-0.2, 0) is 11.4 Å². The first kappa shape index (κ1) is 22.2. The molecule has 0 aliphatic heterocycles. The molecule has 5 heteroatoms. The van der Waals surface area contributed by atoms with Crippen molar-refractivity contribution < 1.29 is 14.3 Å². The Morgan fingerprint density at radius 1 is 0.848 bits per heavy atom. The number of nitrogens with zero attached hydrogens (tertiary/aromatic N) is 2. The highest BCUT2D eigenvalue weighted by Crippen LogP contribution is 2.35. The summed E-state index contributed by atoms with van der Waals surface area (Å²) < 4.78 is 13.3. The van der Waals surface area contributed by atoms with E-state index in [4.69, 9.17) is 14.3 Å². The van der Waals surface area contributed by atoms with Gasteiger partial charge in [-0.15, -0.1) is 0 Å². The van der Waals surface area contributed by atoms with Crippen molar-refractivity contribution in [3.8, 4) is 28.4 Å². The quantitative estimate of drug-likeness (QED) is 0.235. The van der Waals surface area contributed by atoms with Crippen LogP contribution in [0.25, 0.3) is 16.9 Å². The molecule has 5 nitrogen and oxygen atoms in total. The summed E-state index contributed by atoms with van der Waals surface area (Å²) in [5.41, 5.74) is 7.02. The number of rotatable bonds is 8. The second-order valence-electron chi connectivity index (χ2n) is 7.70. The lowest BCUT2D eigenvalue weighted by atomic mass is 10.1. The van der Waals surface area contributed by atoms with Crippen molar-refractivity contribution in [2.75, 3.05) is 14.2 Å². The smallest absolute Gasteiger partial charge is 0.146 e. The fourth-order valence-electron chi connectivity index (χ4n) is 3.90. The number of hydrogen-bond acceptors (Lipinski definition) is 4. The van der Waals surface area contributed by atoms with Crippen molar-refractivity contribution in [2.24, 2.45) is 5.16 Å². The van der Waals surface area contributed by atoms with Crippen LogP contribution in [0.2, 0.25) is 0 Å². The van der Waals surface area contributed by atoms with Gasteiger partial charge in [-0.05, 0) is 43.2 Å². The first-order valence-corrected chi connectivity index (χ1v) is 10.8. The van der Waals surface area contributed by atoms with Gasteiger partial charge in [-0.2, -0.15) is 0 Å². The Balaban J connectivity index is 1.77. The first-order chi connectivity index (χ1) is 16.1. The Bertz CT molecular complexity index is 1250. The summed E-state index contributed by atoms with van der Waals surface area (Å²) in [6.07, 6.45) is 0. The van der Waals surface area contributed by atoms with Gasteiger partial charge < -0.3 is 18.9 Å². The third-order valence-electron chi connectivity index (χ3n) is 5.61. The van der Waals surface area contributed by atoms with E-state index in [0.29, 0.717) is 6.61 Å². The van der Waals surface area contributed by atoms with Crippen molar-refractivity contribution in [3.63, 3.8) is 0 Å². The van der Waals surface area contributed by atoms with E-state index in [9.17, 15) is 0 Å². The zero-order chi connectivity index (χ0) is 23.2. The molecule has 0 saturated carbocycles. The topological polar surface area (TPSA) is 45.0 Å². The van der Waals surface area contributed by atoms with Crippen LogP contribution >= 0.6 is 0 Å². The molecule has 4 rings (SSSR count). The molecule has 0 spiro atoms. The second kappa shape index (κ2) is 10.1.